The van der Waals surface area contributed by atoms with Crippen LogP contribution in [0.15, 0.2) is 120 Å². The second-order valence-electron chi connectivity index (χ2n) is 10.8. The van der Waals surface area contributed by atoms with Gasteiger partial charge in [-0.05, 0) is 40.8 Å². The van der Waals surface area contributed by atoms with E-state index in [4.69, 9.17) is 4.74 Å². The lowest BCUT2D eigenvalue weighted by atomic mass is 9.91. The Morgan fingerprint density at radius 2 is 1.31 bits per heavy atom. The van der Waals surface area contributed by atoms with Crippen molar-refractivity contribution in [2.24, 2.45) is 7.05 Å². The Kier molecular flexibility index (Phi) is 9.06. The first-order valence-corrected chi connectivity index (χ1v) is 14.6. The maximum atomic E-state index is 12.9. The van der Waals surface area contributed by atoms with Gasteiger partial charge in [0, 0.05) is 41.7 Å². The predicted octanol–water partition coefficient (Wildman–Crippen LogP) is 7.98. The number of hydrogen-bond donors (Lipinski definition) is 1. The van der Waals surface area contributed by atoms with Gasteiger partial charge in [-0.1, -0.05) is 104 Å². The molecule has 230 valence electrons. The summed E-state index contributed by atoms with van der Waals surface area (Å²) in [5, 5.41) is 11.1. The molecule has 1 aliphatic carbocycles. The van der Waals surface area contributed by atoms with E-state index in [1.165, 1.54) is 12.1 Å². The number of hydrogen-bond acceptors (Lipinski definition) is 4. The highest BCUT2D eigenvalue weighted by Crippen LogP contribution is 2.47. The molecule has 0 aliphatic heterocycles. The number of aliphatic hydroxyl groups is 1. The lowest BCUT2D eigenvalue weighted by Gasteiger charge is -2.23. The smallest absolute Gasteiger partial charge is 0.416 e. The summed E-state index contributed by atoms with van der Waals surface area (Å²) < 4.78 is 45.7. The molecule has 45 heavy (non-hydrogen) atoms. The third kappa shape index (κ3) is 6.33. The Labute approximate surface area is 259 Å². The summed E-state index contributed by atoms with van der Waals surface area (Å²) in [6.45, 7) is 2.37. The standard InChI is InChI=1S/C19H14F3NO.C18H18O3/c1-23-11-16(13-6-3-2-4-7-13)18(24)17(12-23)14-8-5-9-15(10-14)19(20,21)22;1-2-3-12-21-17(19)18(20)15-10-6-4-8-13(15)14-9-5-7-11-16(14)18/h2-12H,1H3;4-11,20H,2-3,12H2,1H3. The summed E-state index contributed by atoms with van der Waals surface area (Å²) in [6.07, 6.45) is 0.515. The summed E-state index contributed by atoms with van der Waals surface area (Å²) in [6, 6.07) is 28.8. The summed E-state index contributed by atoms with van der Waals surface area (Å²) in [5.41, 5.74) is 1.91. The van der Waals surface area contributed by atoms with Crippen molar-refractivity contribution in [3.8, 4) is 33.4 Å². The Morgan fingerprint density at radius 3 is 1.89 bits per heavy atom. The van der Waals surface area contributed by atoms with Crippen LogP contribution in [0, 0.1) is 0 Å². The number of carbonyl (C=O) groups is 1. The first-order chi connectivity index (χ1) is 21.6. The van der Waals surface area contributed by atoms with Gasteiger partial charge in [-0.25, -0.2) is 4.79 Å². The second-order valence-corrected chi connectivity index (χ2v) is 10.8. The number of carbonyl (C=O) groups excluding carboxylic acids is 1. The van der Waals surface area contributed by atoms with E-state index >= 15 is 0 Å². The molecular weight excluding hydrogens is 579 g/mol. The molecule has 8 heteroatoms. The molecule has 0 spiro atoms. The number of rotatable bonds is 6. The number of unbranched alkanes of at least 4 members (excludes halogenated alkanes) is 1. The van der Waals surface area contributed by atoms with Crippen LogP contribution < -0.4 is 5.43 Å². The number of nitrogens with zero attached hydrogens (tertiary/aromatic N) is 1. The normalized spacial score (nSPS) is 12.8. The van der Waals surface area contributed by atoms with E-state index in [1.54, 1.807) is 48.3 Å². The minimum atomic E-state index is -4.45. The van der Waals surface area contributed by atoms with Gasteiger partial charge in [-0.3, -0.25) is 4.79 Å². The van der Waals surface area contributed by atoms with Crippen LogP contribution in [-0.2, 0) is 28.4 Å². The molecule has 0 fully saturated rings. The first kappa shape index (κ1) is 31.5. The highest BCUT2D eigenvalue weighted by atomic mass is 19.4. The third-order valence-corrected chi connectivity index (χ3v) is 7.69. The summed E-state index contributed by atoms with van der Waals surface area (Å²) in [7, 11) is 1.74. The molecule has 4 aromatic carbocycles. The van der Waals surface area contributed by atoms with Crippen molar-refractivity contribution in [3.05, 3.63) is 142 Å². The van der Waals surface area contributed by atoms with Crippen LogP contribution >= 0.6 is 0 Å². The molecule has 1 heterocycles. The maximum Gasteiger partial charge on any atom is 0.416 e. The van der Waals surface area contributed by atoms with Crippen molar-refractivity contribution >= 4 is 5.97 Å². The van der Waals surface area contributed by atoms with E-state index in [1.807, 2.05) is 61.5 Å². The number of ether oxygens (including phenoxy) is 1. The van der Waals surface area contributed by atoms with E-state index in [-0.39, 0.29) is 16.6 Å². The molecule has 0 atom stereocenters. The van der Waals surface area contributed by atoms with Crippen LogP contribution in [0.25, 0.3) is 33.4 Å². The van der Waals surface area contributed by atoms with Gasteiger partial charge in [0.15, 0.2) is 5.43 Å². The zero-order valence-electron chi connectivity index (χ0n) is 24.8. The summed E-state index contributed by atoms with van der Waals surface area (Å²) in [4.78, 5) is 25.3. The van der Waals surface area contributed by atoms with Gasteiger partial charge >= 0.3 is 12.1 Å². The molecule has 1 aromatic heterocycles. The molecular formula is C37H32F3NO4. The van der Waals surface area contributed by atoms with Crippen molar-refractivity contribution in [2.45, 2.75) is 31.5 Å². The quantitative estimate of drug-likeness (QED) is 0.156. The van der Waals surface area contributed by atoms with E-state index in [9.17, 15) is 27.9 Å². The number of pyridine rings is 1. The predicted molar refractivity (Wildman–Crippen MR) is 168 cm³/mol. The average Bonchev–Trinajstić information content (AvgIpc) is 3.32. The van der Waals surface area contributed by atoms with Crippen molar-refractivity contribution < 1.29 is 27.8 Å². The summed E-state index contributed by atoms with van der Waals surface area (Å²) in [5.74, 6) is -0.589. The number of fused-ring (bicyclic) bond motifs is 3. The van der Waals surface area contributed by atoms with Gasteiger partial charge in [-0.2, -0.15) is 13.2 Å². The van der Waals surface area contributed by atoms with Crippen molar-refractivity contribution in [3.63, 3.8) is 0 Å². The number of halogens is 3. The molecule has 5 aromatic rings. The van der Waals surface area contributed by atoms with Crippen LogP contribution in [0.4, 0.5) is 13.2 Å². The van der Waals surface area contributed by atoms with Crippen LogP contribution in [0.3, 0.4) is 0 Å². The summed E-state index contributed by atoms with van der Waals surface area (Å²) >= 11 is 0. The zero-order valence-corrected chi connectivity index (χ0v) is 24.8. The van der Waals surface area contributed by atoms with Crippen molar-refractivity contribution in [2.75, 3.05) is 6.61 Å². The van der Waals surface area contributed by atoms with Crippen LogP contribution in [0.5, 0.6) is 0 Å². The molecule has 1 N–H and O–H groups in total. The van der Waals surface area contributed by atoms with Gasteiger partial charge in [-0.15, -0.1) is 0 Å². The third-order valence-electron chi connectivity index (χ3n) is 7.69. The lowest BCUT2D eigenvalue weighted by molar-refractivity contribution is -0.162. The fourth-order valence-corrected chi connectivity index (χ4v) is 5.44. The van der Waals surface area contributed by atoms with E-state index in [0.717, 1.165) is 41.7 Å². The van der Waals surface area contributed by atoms with Crippen LogP contribution in [0.2, 0.25) is 0 Å². The van der Waals surface area contributed by atoms with Gasteiger partial charge in [0.25, 0.3) is 0 Å². The molecule has 0 saturated heterocycles. The number of aromatic nitrogens is 1. The lowest BCUT2D eigenvalue weighted by Crippen LogP contribution is -2.36. The van der Waals surface area contributed by atoms with Gasteiger partial charge < -0.3 is 14.4 Å². The first-order valence-electron chi connectivity index (χ1n) is 14.6. The number of alkyl halides is 3. The molecule has 0 unspecified atom stereocenters. The number of aryl methyl sites for hydroxylation is 1. The van der Waals surface area contributed by atoms with Crippen molar-refractivity contribution in [1.29, 1.82) is 0 Å². The topological polar surface area (TPSA) is 68.5 Å². The highest BCUT2D eigenvalue weighted by molar-refractivity contribution is 5.96. The maximum absolute atomic E-state index is 12.9. The highest BCUT2D eigenvalue weighted by Gasteiger charge is 2.49. The minimum absolute atomic E-state index is 0.241. The molecule has 0 amide bonds. The van der Waals surface area contributed by atoms with Gasteiger partial charge in [0.2, 0.25) is 5.60 Å². The molecule has 5 nitrogen and oxygen atoms in total. The van der Waals surface area contributed by atoms with Crippen molar-refractivity contribution in [1.82, 2.24) is 4.57 Å². The SMILES string of the molecule is CCCCOC(=O)C1(O)c2ccccc2-c2ccccc21.Cn1cc(-c2ccccc2)c(=O)c(-c2cccc(C(F)(F)F)c2)c1. The number of esters is 1. The van der Waals surface area contributed by atoms with Gasteiger partial charge in [0.1, 0.15) is 0 Å². The largest absolute Gasteiger partial charge is 0.463 e. The van der Waals surface area contributed by atoms with Gasteiger partial charge in [0.05, 0.1) is 12.2 Å². The Balaban J connectivity index is 0.000000179. The van der Waals surface area contributed by atoms with E-state index in [0.29, 0.717) is 23.3 Å². The Morgan fingerprint density at radius 1 is 0.778 bits per heavy atom. The zero-order chi connectivity index (χ0) is 32.2. The fraction of sp³-hybridized carbons (Fsp3) is 0.189. The number of benzene rings is 4. The minimum Gasteiger partial charge on any atom is -0.463 e. The Hall–Kier alpha value is -4.95. The molecule has 0 bridgehead atoms. The second kappa shape index (κ2) is 13.0. The Bertz CT molecular complexity index is 1830. The van der Waals surface area contributed by atoms with E-state index in [2.05, 4.69) is 0 Å². The monoisotopic (exact) mass is 611 g/mol. The average molecular weight is 612 g/mol. The van der Waals surface area contributed by atoms with Crippen LogP contribution in [-0.4, -0.2) is 22.2 Å². The van der Waals surface area contributed by atoms with E-state index < -0.39 is 23.3 Å². The fourth-order valence-electron chi connectivity index (χ4n) is 5.44. The molecule has 0 saturated carbocycles. The molecule has 6 rings (SSSR count). The molecule has 0 radical (unpaired) electrons. The molecule has 1 aliphatic rings. The van der Waals surface area contributed by atoms with Crippen LogP contribution in [0.1, 0.15) is 36.5 Å².